The second-order valence-electron chi connectivity index (χ2n) is 30.9. The zero-order valence-electron chi connectivity index (χ0n) is 73.4. The summed E-state index contributed by atoms with van der Waals surface area (Å²) in [4.78, 5) is 88.7. The van der Waals surface area contributed by atoms with E-state index in [1.54, 1.807) is 0 Å². The van der Waals surface area contributed by atoms with E-state index in [9.17, 15) is 42.9 Å². The Morgan fingerprint density at radius 3 is 0.759 bits per heavy atom. The molecular weight excluding hydrogens is 1420 g/mol. The summed E-state index contributed by atoms with van der Waals surface area (Å²) in [5.41, 5.74) is 0. The molecule has 19 nitrogen and oxygen atoms in total. The molecule has 0 aliphatic heterocycles. The molecule has 6 N–H and O–H groups in total. The standard InChI is InChI=1S/C85H168N4O15P2.2Na.2H/c1-7-13-19-25-31-37-39-43-47-53-59-65-81(90)88-77(73-79(63-57-51-45-35-29-23-17-11-5)103-83(92)67-61-55-49-41-33-27-21-15-9-3)75-101-105(95,96)99-71-69-86-85(94)87-70-72-100-106(97,98)102-76-78(89-82(91)66-60-54-48-44-40-38-32-26-20-14-8-2)74-80(64-58-52-46-36-30-24-18-12-6)104-84(93)68-62-56-50-42-34-28-22-16-10-4;;;;/h77-80H,7-76H2,1-6H3,(H,88,90)(H,89,91)(H,95,96)(H,97,98)(H2,86,87,94);;;;/q;2*+1;2*-1/t77-,78-,79?,80?;;;;/m1..../s1. The van der Waals surface area contributed by atoms with E-state index in [0.29, 0.717) is 38.5 Å². The normalized spacial score (nSPS) is 13.6. The molecule has 632 valence electrons. The Kier molecular flexibility index (Phi) is 87.0. The number of rotatable bonds is 84. The minimum absolute atomic E-state index is 0. The molecule has 0 aromatic heterocycles. The number of unbranched alkanes of at least 4 members (excludes halogenated alkanes) is 50. The molecule has 0 aromatic carbocycles. The number of amides is 4. The van der Waals surface area contributed by atoms with Crippen LogP contribution in [-0.4, -0.2) is 103 Å². The number of esters is 2. The summed E-state index contributed by atoms with van der Waals surface area (Å²) in [7, 11) is -9.46. The third kappa shape index (κ3) is 80.6. The summed E-state index contributed by atoms with van der Waals surface area (Å²) in [6.45, 7) is 11.3. The van der Waals surface area contributed by atoms with Gasteiger partial charge in [-0.05, 0) is 51.4 Å². The Morgan fingerprint density at radius 2 is 0.519 bits per heavy atom. The molecule has 0 rings (SSSR count). The van der Waals surface area contributed by atoms with Gasteiger partial charge >= 0.3 is 92.7 Å². The van der Waals surface area contributed by atoms with Crippen LogP contribution in [0.4, 0.5) is 4.79 Å². The Balaban J connectivity index is -0.00000919. The Morgan fingerprint density at radius 1 is 0.306 bits per heavy atom. The van der Waals surface area contributed by atoms with Gasteiger partial charge in [-0.1, -0.05) is 363 Å². The first-order valence-electron chi connectivity index (χ1n) is 44.8. The second-order valence-corrected chi connectivity index (χ2v) is 33.8. The first kappa shape index (κ1) is 112. The van der Waals surface area contributed by atoms with Crippen molar-refractivity contribution in [3.05, 3.63) is 0 Å². The van der Waals surface area contributed by atoms with Gasteiger partial charge in [0.25, 0.3) is 0 Å². The van der Waals surface area contributed by atoms with E-state index in [1.165, 1.54) is 205 Å². The number of carbonyl (C=O) groups excluding carboxylic acids is 5. The predicted molar refractivity (Wildman–Crippen MR) is 440 cm³/mol. The molecule has 0 aliphatic carbocycles. The zero-order chi connectivity index (χ0) is 77.8. The van der Waals surface area contributed by atoms with Gasteiger partial charge in [-0.2, -0.15) is 0 Å². The summed E-state index contributed by atoms with van der Waals surface area (Å²) in [5, 5.41) is 11.2. The van der Waals surface area contributed by atoms with Crippen molar-refractivity contribution in [1.82, 2.24) is 21.3 Å². The first-order valence-corrected chi connectivity index (χ1v) is 47.7. The molecule has 0 bridgehead atoms. The molecule has 0 spiro atoms. The van der Waals surface area contributed by atoms with Gasteiger partial charge in [0.05, 0.1) is 38.5 Å². The van der Waals surface area contributed by atoms with Gasteiger partial charge in [0.2, 0.25) is 11.8 Å². The SMILES string of the molecule is CCCCCCCCCCCCCC(=O)N[C@@H](COP(=O)(O)OCCNC(=O)NCCOP(=O)(O)OC[C@@H](CC(CCCCCCCCCC)OC(=O)CCCCCCCCCCC)NC(=O)CCCCCCCCCCCCC)CC(CCCCCCCCCC)OC(=O)CCCCCCCCCCC.[H-].[H-].[Na+].[Na+]. The number of nitrogens with one attached hydrogen (secondary N) is 4. The van der Waals surface area contributed by atoms with Gasteiger partial charge in [-0.3, -0.25) is 37.3 Å². The monoisotopic (exact) mass is 1600 g/mol. The molecule has 0 aromatic rings. The largest absolute Gasteiger partial charge is 1.00 e. The molecule has 4 amide bonds. The molecule has 0 saturated heterocycles. The van der Waals surface area contributed by atoms with E-state index < -0.39 is 59.2 Å². The van der Waals surface area contributed by atoms with E-state index in [4.69, 9.17) is 27.6 Å². The van der Waals surface area contributed by atoms with Crippen LogP contribution in [0.25, 0.3) is 0 Å². The van der Waals surface area contributed by atoms with Crippen molar-refractivity contribution in [3.8, 4) is 0 Å². The van der Waals surface area contributed by atoms with Crippen molar-refractivity contribution >= 4 is 45.4 Å². The van der Waals surface area contributed by atoms with Gasteiger partial charge in [-0.15, -0.1) is 0 Å². The molecule has 6 atom stereocenters. The van der Waals surface area contributed by atoms with Gasteiger partial charge < -0.3 is 43.4 Å². The predicted octanol–water partition coefficient (Wildman–Crippen LogP) is 18.7. The fourth-order valence-corrected chi connectivity index (χ4v) is 15.3. The number of carbonyl (C=O) groups is 5. The van der Waals surface area contributed by atoms with Crippen molar-refractivity contribution in [2.45, 2.75) is 477 Å². The van der Waals surface area contributed by atoms with Crippen LogP contribution in [0, 0.1) is 0 Å². The maximum atomic E-state index is 13.6. The van der Waals surface area contributed by atoms with Crippen LogP contribution in [0.5, 0.6) is 0 Å². The molecule has 0 saturated carbocycles. The number of hydrogen-bond acceptors (Lipinski definition) is 13. The first-order chi connectivity index (χ1) is 51.5. The second kappa shape index (κ2) is 84.3. The number of hydrogen-bond donors (Lipinski definition) is 6. The summed E-state index contributed by atoms with van der Waals surface area (Å²) in [6, 6.07) is -2.23. The maximum Gasteiger partial charge on any atom is 1.00 e. The van der Waals surface area contributed by atoms with Crippen molar-refractivity contribution in [3.63, 3.8) is 0 Å². The smallest absolute Gasteiger partial charge is 1.00 e. The zero-order valence-corrected chi connectivity index (χ0v) is 77.2. The fourth-order valence-electron chi connectivity index (χ4n) is 13.7. The van der Waals surface area contributed by atoms with E-state index in [2.05, 4.69) is 62.8 Å². The quantitative estimate of drug-likeness (QED) is 0.0143. The van der Waals surface area contributed by atoms with Crippen molar-refractivity contribution < 1.29 is 132 Å². The molecule has 0 heterocycles. The van der Waals surface area contributed by atoms with Crippen LogP contribution in [0.3, 0.4) is 0 Å². The molecular formula is C85H170N4Na2O15P2. The molecule has 4 unspecified atom stereocenters. The van der Waals surface area contributed by atoms with Crippen LogP contribution in [-0.2, 0) is 55.9 Å². The number of phosphoric ester groups is 2. The topological polar surface area (TPSA) is 263 Å². The van der Waals surface area contributed by atoms with Crippen LogP contribution in [0.2, 0.25) is 0 Å². The van der Waals surface area contributed by atoms with Crippen LogP contribution in [0.1, 0.15) is 455 Å². The third-order valence-corrected chi connectivity index (χ3v) is 22.3. The van der Waals surface area contributed by atoms with Gasteiger partial charge in [0.1, 0.15) is 12.2 Å². The van der Waals surface area contributed by atoms with E-state index in [-0.39, 0.29) is 138 Å². The van der Waals surface area contributed by atoms with E-state index >= 15 is 0 Å². The Bertz CT molecular complexity index is 1990. The average molecular weight is 1600 g/mol. The van der Waals surface area contributed by atoms with Gasteiger partial charge in [0, 0.05) is 51.6 Å². The molecule has 0 fully saturated rings. The van der Waals surface area contributed by atoms with Crippen LogP contribution >= 0.6 is 15.6 Å². The van der Waals surface area contributed by atoms with E-state index in [1.807, 2.05) is 0 Å². The molecule has 0 aliphatic rings. The van der Waals surface area contributed by atoms with Crippen LogP contribution < -0.4 is 80.4 Å². The molecule has 0 radical (unpaired) electrons. The van der Waals surface area contributed by atoms with Crippen molar-refractivity contribution in [2.24, 2.45) is 0 Å². The summed E-state index contributed by atoms with van der Waals surface area (Å²) in [6.07, 6.45) is 65.0. The number of phosphoric acid groups is 2. The van der Waals surface area contributed by atoms with Crippen LogP contribution in [0.15, 0.2) is 0 Å². The molecule has 23 heteroatoms. The van der Waals surface area contributed by atoms with Crippen molar-refractivity contribution in [2.75, 3.05) is 39.5 Å². The number of urea groups is 1. The minimum atomic E-state index is -4.73. The van der Waals surface area contributed by atoms with E-state index in [0.717, 1.165) is 141 Å². The number of ether oxygens (including phenoxy) is 2. The molecule has 108 heavy (non-hydrogen) atoms. The Labute approximate surface area is 710 Å². The summed E-state index contributed by atoms with van der Waals surface area (Å²) in [5.74, 6) is -0.971. The minimum Gasteiger partial charge on any atom is -1.00 e. The van der Waals surface area contributed by atoms with Gasteiger partial charge in [0.15, 0.2) is 0 Å². The van der Waals surface area contributed by atoms with Crippen molar-refractivity contribution in [1.29, 1.82) is 0 Å². The third-order valence-electron chi connectivity index (χ3n) is 20.3. The maximum absolute atomic E-state index is 13.6. The average Bonchev–Trinajstić information content (AvgIpc) is 0.899. The fraction of sp³-hybridized carbons (Fsp3) is 0.941. The Hall–Kier alpha value is -0.630. The summed E-state index contributed by atoms with van der Waals surface area (Å²) >= 11 is 0. The summed E-state index contributed by atoms with van der Waals surface area (Å²) < 4.78 is 60.8. The van der Waals surface area contributed by atoms with Gasteiger partial charge in [-0.25, -0.2) is 13.9 Å².